The maximum atomic E-state index is 6.20. The molecule has 1 heterocycles. The predicted octanol–water partition coefficient (Wildman–Crippen LogP) is 4.01. The molecule has 0 saturated heterocycles. The van der Waals surface area contributed by atoms with Gasteiger partial charge in [0.25, 0.3) is 0 Å². The maximum absolute atomic E-state index is 6.20. The summed E-state index contributed by atoms with van der Waals surface area (Å²) in [4.78, 5) is 0. The number of rotatable bonds is 6. The number of nitrogens with zero attached hydrogens (tertiary/aromatic N) is 1. The minimum absolute atomic E-state index is 0.541. The second-order valence-corrected chi connectivity index (χ2v) is 6.22. The fraction of sp³-hybridized carbons (Fsp3) is 0.211. The molecular weight excluding hydrogens is 336 g/mol. The fourth-order valence-electron chi connectivity index (χ4n) is 2.79. The van der Waals surface area contributed by atoms with Crippen molar-refractivity contribution in [2.24, 2.45) is 0 Å². The molecule has 0 spiro atoms. The van der Waals surface area contributed by atoms with Crippen LogP contribution in [0.5, 0.6) is 17.2 Å². The van der Waals surface area contributed by atoms with E-state index in [1.807, 2.05) is 30.3 Å². The maximum Gasteiger partial charge on any atom is 0.203 e. The number of methoxy groups -OCH3 is 3. The monoisotopic (exact) mass is 356 g/mol. The van der Waals surface area contributed by atoms with Crippen LogP contribution in [0.15, 0.2) is 42.5 Å². The molecule has 3 rings (SSSR count). The third-order valence-corrected chi connectivity index (χ3v) is 4.72. The van der Waals surface area contributed by atoms with Crippen molar-refractivity contribution in [1.82, 2.24) is 4.37 Å². The van der Waals surface area contributed by atoms with E-state index in [1.54, 1.807) is 21.3 Å². The standard InChI is InChI=1S/C19H20N2O3S/c1-22-15-10-9-13(17(23-2)18(15)24-3)16-14(19(20)25-21-16)11-12-7-5-4-6-8-12/h4-10H,11,20H2,1-3H3. The molecule has 0 bridgehead atoms. The Morgan fingerprint density at radius 2 is 1.64 bits per heavy atom. The highest BCUT2D eigenvalue weighted by Crippen LogP contribution is 2.46. The molecule has 25 heavy (non-hydrogen) atoms. The number of aromatic nitrogens is 1. The normalized spacial score (nSPS) is 10.5. The minimum atomic E-state index is 0.541. The van der Waals surface area contributed by atoms with Crippen LogP contribution in [0.3, 0.4) is 0 Å². The average molecular weight is 356 g/mol. The van der Waals surface area contributed by atoms with Crippen molar-refractivity contribution in [2.75, 3.05) is 27.1 Å². The number of nitrogens with two attached hydrogens (primary N) is 1. The van der Waals surface area contributed by atoms with Crippen molar-refractivity contribution in [3.05, 3.63) is 53.6 Å². The van der Waals surface area contributed by atoms with Gasteiger partial charge in [0.2, 0.25) is 5.75 Å². The van der Waals surface area contributed by atoms with Crippen LogP contribution >= 0.6 is 11.5 Å². The molecule has 2 aromatic carbocycles. The molecule has 0 aliphatic carbocycles. The van der Waals surface area contributed by atoms with E-state index in [1.165, 1.54) is 17.1 Å². The van der Waals surface area contributed by atoms with Gasteiger partial charge in [-0.1, -0.05) is 30.3 Å². The van der Waals surface area contributed by atoms with Gasteiger partial charge in [-0.15, -0.1) is 0 Å². The molecule has 0 saturated carbocycles. The van der Waals surface area contributed by atoms with Crippen LogP contribution in [0.1, 0.15) is 11.1 Å². The third-order valence-electron chi connectivity index (χ3n) is 4.00. The zero-order valence-electron chi connectivity index (χ0n) is 14.4. The molecule has 0 fully saturated rings. The lowest BCUT2D eigenvalue weighted by molar-refractivity contribution is 0.325. The Labute approximate surface area is 151 Å². The molecule has 6 heteroatoms. The summed E-state index contributed by atoms with van der Waals surface area (Å²) in [5, 5.41) is 0.704. The summed E-state index contributed by atoms with van der Waals surface area (Å²) >= 11 is 1.29. The van der Waals surface area contributed by atoms with Gasteiger partial charge in [-0.3, -0.25) is 0 Å². The van der Waals surface area contributed by atoms with Crippen molar-refractivity contribution in [2.45, 2.75) is 6.42 Å². The summed E-state index contributed by atoms with van der Waals surface area (Å²) in [5.41, 5.74) is 10.0. The Bertz CT molecular complexity index is 863. The average Bonchev–Trinajstić information content (AvgIpc) is 3.01. The smallest absolute Gasteiger partial charge is 0.203 e. The van der Waals surface area contributed by atoms with Crippen molar-refractivity contribution >= 4 is 16.5 Å². The molecular formula is C19H20N2O3S. The molecule has 0 atom stereocenters. The highest BCUT2D eigenvalue weighted by atomic mass is 32.1. The quantitative estimate of drug-likeness (QED) is 0.723. The first kappa shape index (κ1) is 17.1. The predicted molar refractivity (Wildman–Crippen MR) is 101 cm³/mol. The number of hydrogen-bond donors (Lipinski definition) is 1. The van der Waals surface area contributed by atoms with Gasteiger partial charge in [-0.2, -0.15) is 4.37 Å². The van der Waals surface area contributed by atoms with E-state index in [2.05, 4.69) is 16.5 Å². The van der Waals surface area contributed by atoms with Crippen LogP contribution in [0.4, 0.5) is 5.00 Å². The summed E-state index contributed by atoms with van der Waals surface area (Å²) in [7, 11) is 4.79. The van der Waals surface area contributed by atoms with Gasteiger partial charge in [0.05, 0.1) is 27.0 Å². The van der Waals surface area contributed by atoms with E-state index in [-0.39, 0.29) is 0 Å². The molecule has 1 aromatic heterocycles. The van der Waals surface area contributed by atoms with E-state index >= 15 is 0 Å². The van der Waals surface area contributed by atoms with Crippen LogP contribution in [-0.4, -0.2) is 25.7 Å². The van der Waals surface area contributed by atoms with Gasteiger partial charge in [0.1, 0.15) is 5.00 Å². The Morgan fingerprint density at radius 3 is 2.28 bits per heavy atom. The molecule has 0 unspecified atom stereocenters. The Balaban J connectivity index is 2.12. The molecule has 3 aromatic rings. The molecule has 2 N–H and O–H groups in total. The van der Waals surface area contributed by atoms with Gasteiger partial charge in [0.15, 0.2) is 11.5 Å². The van der Waals surface area contributed by atoms with Crippen LogP contribution in [0, 0.1) is 0 Å². The largest absolute Gasteiger partial charge is 0.493 e. The highest BCUT2D eigenvalue weighted by Gasteiger charge is 2.22. The number of nitrogen functional groups attached to an aromatic ring is 1. The number of anilines is 1. The van der Waals surface area contributed by atoms with E-state index in [4.69, 9.17) is 19.9 Å². The minimum Gasteiger partial charge on any atom is -0.493 e. The second kappa shape index (κ2) is 7.44. The Morgan fingerprint density at radius 1 is 0.920 bits per heavy atom. The summed E-state index contributed by atoms with van der Waals surface area (Å²) < 4.78 is 21.0. The van der Waals surface area contributed by atoms with Crippen LogP contribution in [0.2, 0.25) is 0 Å². The van der Waals surface area contributed by atoms with E-state index in [9.17, 15) is 0 Å². The SMILES string of the molecule is COc1ccc(-c2nsc(N)c2Cc2ccccc2)c(OC)c1OC. The number of ether oxygens (including phenoxy) is 3. The zero-order valence-corrected chi connectivity index (χ0v) is 15.2. The Kier molecular flexibility index (Phi) is 5.09. The molecule has 0 aliphatic rings. The van der Waals surface area contributed by atoms with E-state index in [0.29, 0.717) is 28.7 Å². The molecule has 0 aliphatic heterocycles. The lowest BCUT2D eigenvalue weighted by atomic mass is 10.00. The first-order chi connectivity index (χ1) is 12.2. The van der Waals surface area contributed by atoms with Crippen molar-refractivity contribution in [3.8, 4) is 28.5 Å². The summed E-state index contributed by atoms with van der Waals surface area (Å²) in [6.07, 6.45) is 0.704. The van der Waals surface area contributed by atoms with Gasteiger partial charge >= 0.3 is 0 Å². The lowest BCUT2D eigenvalue weighted by Gasteiger charge is -2.15. The number of benzene rings is 2. The summed E-state index contributed by atoms with van der Waals surface area (Å²) in [6, 6.07) is 13.9. The third kappa shape index (κ3) is 3.25. The van der Waals surface area contributed by atoms with Crippen molar-refractivity contribution in [3.63, 3.8) is 0 Å². The second-order valence-electron chi connectivity index (χ2n) is 5.42. The lowest BCUT2D eigenvalue weighted by Crippen LogP contribution is -1.99. The Hall–Kier alpha value is -2.73. The fourth-order valence-corrected chi connectivity index (χ4v) is 3.47. The molecule has 5 nitrogen and oxygen atoms in total. The number of hydrogen-bond acceptors (Lipinski definition) is 6. The van der Waals surface area contributed by atoms with E-state index in [0.717, 1.165) is 16.8 Å². The highest BCUT2D eigenvalue weighted by molar-refractivity contribution is 7.10. The van der Waals surface area contributed by atoms with Crippen LogP contribution in [0.25, 0.3) is 11.3 Å². The summed E-state index contributed by atoms with van der Waals surface area (Å²) in [5.74, 6) is 1.73. The van der Waals surface area contributed by atoms with Gasteiger partial charge in [-0.05, 0) is 29.2 Å². The molecule has 0 amide bonds. The first-order valence-electron chi connectivity index (χ1n) is 7.76. The van der Waals surface area contributed by atoms with Crippen molar-refractivity contribution in [1.29, 1.82) is 0 Å². The zero-order chi connectivity index (χ0) is 17.8. The van der Waals surface area contributed by atoms with Crippen molar-refractivity contribution < 1.29 is 14.2 Å². The topological polar surface area (TPSA) is 66.6 Å². The van der Waals surface area contributed by atoms with E-state index < -0.39 is 0 Å². The first-order valence-corrected chi connectivity index (χ1v) is 8.54. The van der Waals surface area contributed by atoms with Crippen LogP contribution < -0.4 is 19.9 Å². The molecule has 0 radical (unpaired) electrons. The van der Waals surface area contributed by atoms with Gasteiger partial charge < -0.3 is 19.9 Å². The van der Waals surface area contributed by atoms with Crippen LogP contribution in [-0.2, 0) is 6.42 Å². The summed E-state index contributed by atoms with van der Waals surface area (Å²) in [6.45, 7) is 0. The molecule has 130 valence electrons. The van der Waals surface area contributed by atoms with Gasteiger partial charge in [-0.25, -0.2) is 0 Å². The van der Waals surface area contributed by atoms with Gasteiger partial charge in [0, 0.05) is 17.5 Å².